The minimum Gasteiger partial charge on any atom is -0.377 e. The first-order valence-electron chi connectivity index (χ1n) is 7.47. The van der Waals surface area contributed by atoms with Crippen molar-refractivity contribution in [2.75, 3.05) is 24.7 Å². The molecule has 1 fully saturated rings. The molecule has 0 aromatic heterocycles. The summed E-state index contributed by atoms with van der Waals surface area (Å²) in [6.07, 6.45) is 0. The zero-order valence-corrected chi connectivity index (χ0v) is 13.1. The number of carbonyl (C=O) groups is 1. The molecule has 1 aliphatic rings. The largest absolute Gasteiger partial charge is 0.377 e. The number of carbonyl (C=O) groups excluding carboxylic acids is 1. The maximum Gasteiger partial charge on any atom is 0.245 e. The SMILES string of the molecule is Cc1cc(N2CCOCC2C(=O)NC(C)C)ccc1CN. The van der Waals surface area contributed by atoms with Crippen LogP contribution in [-0.2, 0) is 16.1 Å². The van der Waals surface area contributed by atoms with Crippen LogP contribution in [0.5, 0.6) is 0 Å². The van der Waals surface area contributed by atoms with Gasteiger partial charge in [0.25, 0.3) is 0 Å². The van der Waals surface area contributed by atoms with Crippen LogP contribution >= 0.6 is 0 Å². The summed E-state index contributed by atoms with van der Waals surface area (Å²) in [6.45, 7) is 8.30. The number of nitrogens with one attached hydrogen (secondary N) is 1. The first kappa shape index (κ1) is 15.8. The van der Waals surface area contributed by atoms with E-state index in [1.807, 2.05) is 26.0 Å². The number of nitrogens with zero attached hydrogens (tertiary/aromatic N) is 1. The highest BCUT2D eigenvalue weighted by molar-refractivity contribution is 5.86. The van der Waals surface area contributed by atoms with Gasteiger partial charge in [-0.15, -0.1) is 0 Å². The molecule has 0 bridgehead atoms. The summed E-state index contributed by atoms with van der Waals surface area (Å²) in [5.41, 5.74) is 9.06. The molecule has 1 saturated heterocycles. The average molecular weight is 291 g/mol. The summed E-state index contributed by atoms with van der Waals surface area (Å²) in [4.78, 5) is 14.5. The maximum atomic E-state index is 12.3. The van der Waals surface area contributed by atoms with E-state index in [1.165, 1.54) is 0 Å². The van der Waals surface area contributed by atoms with Crippen LogP contribution in [0.25, 0.3) is 0 Å². The molecular weight excluding hydrogens is 266 g/mol. The second-order valence-corrected chi connectivity index (χ2v) is 5.76. The summed E-state index contributed by atoms with van der Waals surface area (Å²) in [5.74, 6) is 0.0188. The molecule has 0 aliphatic carbocycles. The molecule has 5 nitrogen and oxygen atoms in total. The van der Waals surface area contributed by atoms with Crippen LogP contribution in [0.4, 0.5) is 5.69 Å². The van der Waals surface area contributed by atoms with Gasteiger partial charge >= 0.3 is 0 Å². The van der Waals surface area contributed by atoms with E-state index >= 15 is 0 Å². The van der Waals surface area contributed by atoms with Crippen molar-refractivity contribution in [3.05, 3.63) is 29.3 Å². The molecule has 21 heavy (non-hydrogen) atoms. The van der Waals surface area contributed by atoms with Gasteiger partial charge in [0.05, 0.1) is 13.2 Å². The molecule has 1 heterocycles. The van der Waals surface area contributed by atoms with E-state index < -0.39 is 0 Å². The van der Waals surface area contributed by atoms with Crippen molar-refractivity contribution in [2.24, 2.45) is 5.73 Å². The van der Waals surface area contributed by atoms with Crippen molar-refractivity contribution in [3.63, 3.8) is 0 Å². The van der Waals surface area contributed by atoms with Crippen molar-refractivity contribution in [1.82, 2.24) is 5.32 Å². The van der Waals surface area contributed by atoms with Crippen LogP contribution in [0.2, 0.25) is 0 Å². The lowest BCUT2D eigenvalue weighted by molar-refractivity contribution is -0.125. The van der Waals surface area contributed by atoms with Crippen molar-refractivity contribution in [3.8, 4) is 0 Å². The lowest BCUT2D eigenvalue weighted by Gasteiger charge is -2.37. The third-order valence-corrected chi connectivity index (χ3v) is 3.74. The fraction of sp³-hybridized carbons (Fsp3) is 0.562. The van der Waals surface area contributed by atoms with Gasteiger partial charge in [0.2, 0.25) is 5.91 Å². The predicted octanol–water partition coefficient (Wildman–Crippen LogP) is 1.18. The Kier molecular flexibility index (Phi) is 5.20. The number of morpholine rings is 1. The molecule has 1 aromatic carbocycles. The smallest absolute Gasteiger partial charge is 0.245 e. The van der Waals surface area contributed by atoms with Crippen molar-refractivity contribution in [2.45, 2.75) is 39.4 Å². The van der Waals surface area contributed by atoms with E-state index in [1.54, 1.807) is 0 Å². The fourth-order valence-electron chi connectivity index (χ4n) is 2.60. The van der Waals surface area contributed by atoms with Crippen LogP contribution in [0, 0.1) is 6.92 Å². The van der Waals surface area contributed by atoms with Gasteiger partial charge in [0.1, 0.15) is 6.04 Å². The van der Waals surface area contributed by atoms with Gasteiger partial charge in [-0.05, 0) is 44.0 Å². The highest BCUT2D eigenvalue weighted by Crippen LogP contribution is 2.23. The van der Waals surface area contributed by atoms with Crippen molar-refractivity contribution in [1.29, 1.82) is 0 Å². The van der Waals surface area contributed by atoms with Gasteiger partial charge in [-0.2, -0.15) is 0 Å². The number of benzene rings is 1. The number of anilines is 1. The Labute approximate surface area is 126 Å². The van der Waals surface area contributed by atoms with Crippen LogP contribution in [0.3, 0.4) is 0 Å². The summed E-state index contributed by atoms with van der Waals surface area (Å²) < 4.78 is 5.49. The molecule has 3 N–H and O–H groups in total. The first-order chi connectivity index (χ1) is 10.0. The second-order valence-electron chi connectivity index (χ2n) is 5.76. The predicted molar refractivity (Wildman–Crippen MR) is 84.3 cm³/mol. The van der Waals surface area contributed by atoms with Gasteiger partial charge < -0.3 is 20.7 Å². The van der Waals surface area contributed by atoms with E-state index in [4.69, 9.17) is 10.5 Å². The Hall–Kier alpha value is -1.59. The monoisotopic (exact) mass is 291 g/mol. The number of nitrogens with two attached hydrogens (primary N) is 1. The van der Waals surface area contributed by atoms with Gasteiger partial charge in [-0.1, -0.05) is 6.07 Å². The van der Waals surface area contributed by atoms with E-state index in [9.17, 15) is 4.79 Å². The van der Waals surface area contributed by atoms with Crippen LogP contribution < -0.4 is 16.0 Å². The highest BCUT2D eigenvalue weighted by atomic mass is 16.5. The Morgan fingerprint density at radius 1 is 1.52 bits per heavy atom. The normalized spacial score (nSPS) is 18.9. The molecular formula is C16H25N3O2. The third-order valence-electron chi connectivity index (χ3n) is 3.74. The number of rotatable bonds is 4. The Morgan fingerprint density at radius 3 is 2.90 bits per heavy atom. The molecule has 116 valence electrons. The molecule has 1 aromatic rings. The average Bonchev–Trinajstić information content (AvgIpc) is 2.46. The van der Waals surface area contributed by atoms with Gasteiger partial charge in [0.15, 0.2) is 0 Å². The van der Waals surface area contributed by atoms with E-state index in [2.05, 4.69) is 23.2 Å². The Morgan fingerprint density at radius 2 is 2.29 bits per heavy atom. The number of aryl methyl sites for hydroxylation is 1. The topological polar surface area (TPSA) is 67.6 Å². The zero-order chi connectivity index (χ0) is 15.4. The number of ether oxygens (including phenoxy) is 1. The zero-order valence-electron chi connectivity index (χ0n) is 13.1. The van der Waals surface area contributed by atoms with Crippen molar-refractivity contribution < 1.29 is 9.53 Å². The molecule has 1 amide bonds. The van der Waals surface area contributed by atoms with Crippen LogP contribution in [0.1, 0.15) is 25.0 Å². The van der Waals surface area contributed by atoms with E-state index in [-0.39, 0.29) is 18.0 Å². The summed E-state index contributed by atoms with van der Waals surface area (Å²) in [7, 11) is 0. The Bertz CT molecular complexity index is 502. The molecule has 0 spiro atoms. The molecule has 1 unspecified atom stereocenters. The molecule has 2 rings (SSSR count). The standard InChI is InChI=1S/C16H25N3O2/c1-11(2)18-16(20)15-10-21-7-6-19(15)14-5-4-13(9-17)12(3)8-14/h4-5,8,11,15H,6-7,9-10,17H2,1-3H3,(H,18,20). The van der Waals surface area contributed by atoms with Gasteiger partial charge in [-0.3, -0.25) is 4.79 Å². The fourth-order valence-corrected chi connectivity index (χ4v) is 2.60. The van der Waals surface area contributed by atoms with Crippen LogP contribution in [-0.4, -0.2) is 37.7 Å². The van der Waals surface area contributed by atoms with Gasteiger partial charge in [0, 0.05) is 24.8 Å². The summed E-state index contributed by atoms with van der Waals surface area (Å²) in [5, 5.41) is 2.97. The Balaban J connectivity index is 2.22. The van der Waals surface area contributed by atoms with E-state index in [0.717, 1.165) is 23.4 Å². The van der Waals surface area contributed by atoms with E-state index in [0.29, 0.717) is 19.8 Å². The molecule has 0 radical (unpaired) electrons. The highest BCUT2D eigenvalue weighted by Gasteiger charge is 2.30. The molecule has 1 aliphatic heterocycles. The third kappa shape index (κ3) is 3.74. The number of amides is 1. The number of hydrogen-bond acceptors (Lipinski definition) is 4. The maximum absolute atomic E-state index is 12.3. The first-order valence-corrected chi connectivity index (χ1v) is 7.47. The second kappa shape index (κ2) is 6.91. The number of hydrogen-bond donors (Lipinski definition) is 2. The van der Waals surface area contributed by atoms with Crippen molar-refractivity contribution >= 4 is 11.6 Å². The van der Waals surface area contributed by atoms with Crippen LogP contribution in [0.15, 0.2) is 18.2 Å². The lowest BCUT2D eigenvalue weighted by atomic mass is 10.1. The molecule has 0 saturated carbocycles. The summed E-state index contributed by atoms with van der Waals surface area (Å²) >= 11 is 0. The molecule has 1 atom stereocenters. The molecule has 5 heteroatoms. The lowest BCUT2D eigenvalue weighted by Crippen LogP contribution is -2.55. The van der Waals surface area contributed by atoms with Gasteiger partial charge in [-0.25, -0.2) is 0 Å². The minimum absolute atomic E-state index is 0.0188. The quantitative estimate of drug-likeness (QED) is 0.874. The summed E-state index contributed by atoms with van der Waals surface area (Å²) in [6, 6.07) is 6.03. The minimum atomic E-state index is -0.274.